The molecule has 2 nitrogen and oxygen atoms in total. The second kappa shape index (κ2) is 5.52. The molecule has 1 unspecified atom stereocenters. The summed E-state index contributed by atoms with van der Waals surface area (Å²) in [4.78, 5) is 0. The minimum Gasteiger partial charge on any atom is -0.353 e. The maximum atomic E-state index is 3.53. The second-order valence-electron chi connectivity index (χ2n) is 4.27. The molecule has 1 N–H and O–H groups in total. The van der Waals surface area contributed by atoms with Gasteiger partial charge in [-0.1, -0.05) is 28.1 Å². The first-order valence-corrected chi connectivity index (χ1v) is 6.55. The topological polar surface area (TPSA) is 17.0 Å². The largest absolute Gasteiger partial charge is 0.353 e. The maximum absolute atomic E-state index is 3.53. The van der Waals surface area contributed by atoms with Crippen LogP contribution in [0.2, 0.25) is 0 Å². The first-order valence-electron chi connectivity index (χ1n) is 5.76. The van der Waals surface area contributed by atoms with Crippen LogP contribution >= 0.6 is 15.9 Å². The van der Waals surface area contributed by atoms with Gasteiger partial charge in [-0.25, -0.2) is 0 Å². The van der Waals surface area contributed by atoms with Gasteiger partial charge >= 0.3 is 0 Å². The first kappa shape index (κ1) is 12.4. The van der Waals surface area contributed by atoms with Crippen LogP contribution in [0, 0.1) is 0 Å². The molecule has 17 heavy (non-hydrogen) atoms. The molecule has 0 bridgehead atoms. The number of hydrogen-bond donors (Lipinski definition) is 1. The molecule has 1 heterocycles. The highest BCUT2D eigenvalue weighted by molar-refractivity contribution is 9.10. The van der Waals surface area contributed by atoms with E-state index >= 15 is 0 Å². The van der Waals surface area contributed by atoms with E-state index < -0.39 is 0 Å². The molecule has 0 radical (unpaired) electrons. The number of halogens is 1. The van der Waals surface area contributed by atoms with Crippen LogP contribution in [0.15, 0.2) is 47.1 Å². The fourth-order valence-corrected chi connectivity index (χ4v) is 2.25. The summed E-state index contributed by atoms with van der Waals surface area (Å²) >= 11 is 3.50. The number of aryl methyl sites for hydroxylation is 1. The van der Waals surface area contributed by atoms with Gasteiger partial charge in [-0.3, -0.25) is 0 Å². The summed E-state index contributed by atoms with van der Waals surface area (Å²) in [5.74, 6) is 0. The molecular formula is C14H17BrN2. The average Bonchev–Trinajstić information content (AvgIpc) is 2.72. The molecule has 0 saturated heterocycles. The molecule has 3 heteroatoms. The Bertz CT molecular complexity index is 490. The predicted molar refractivity (Wildman–Crippen MR) is 74.8 cm³/mol. The second-order valence-corrected chi connectivity index (χ2v) is 5.18. The number of nitrogens with zero attached hydrogens (tertiary/aromatic N) is 1. The van der Waals surface area contributed by atoms with Crippen LogP contribution < -0.4 is 5.32 Å². The highest BCUT2D eigenvalue weighted by Crippen LogP contribution is 2.18. The lowest BCUT2D eigenvalue weighted by molar-refractivity contribution is 0.558. The number of aromatic nitrogens is 1. The Morgan fingerprint density at radius 3 is 2.76 bits per heavy atom. The SMILES string of the molecule is CC(NCc1cccn1C)c1cccc(Br)c1. The molecule has 2 aromatic rings. The van der Waals surface area contributed by atoms with E-state index in [1.165, 1.54) is 11.3 Å². The van der Waals surface area contributed by atoms with E-state index in [0.29, 0.717) is 6.04 Å². The summed E-state index contributed by atoms with van der Waals surface area (Å²) in [6, 6.07) is 13.0. The summed E-state index contributed by atoms with van der Waals surface area (Å²) in [5, 5.41) is 3.53. The van der Waals surface area contributed by atoms with E-state index in [-0.39, 0.29) is 0 Å². The Morgan fingerprint density at radius 1 is 1.29 bits per heavy atom. The number of benzene rings is 1. The van der Waals surface area contributed by atoms with Crippen molar-refractivity contribution in [2.75, 3.05) is 0 Å². The van der Waals surface area contributed by atoms with Gasteiger partial charge in [0.05, 0.1) is 0 Å². The van der Waals surface area contributed by atoms with Crippen molar-refractivity contribution in [1.82, 2.24) is 9.88 Å². The molecule has 0 aliphatic carbocycles. The summed E-state index contributed by atoms with van der Waals surface area (Å²) in [6.45, 7) is 3.07. The van der Waals surface area contributed by atoms with E-state index in [1.807, 2.05) is 6.07 Å². The van der Waals surface area contributed by atoms with Crippen molar-refractivity contribution in [3.8, 4) is 0 Å². The monoisotopic (exact) mass is 292 g/mol. The van der Waals surface area contributed by atoms with Crippen molar-refractivity contribution < 1.29 is 0 Å². The third-order valence-corrected chi connectivity index (χ3v) is 3.48. The van der Waals surface area contributed by atoms with Crippen LogP contribution in [-0.4, -0.2) is 4.57 Å². The molecular weight excluding hydrogens is 276 g/mol. The predicted octanol–water partition coefficient (Wildman–Crippen LogP) is 3.64. The molecule has 2 rings (SSSR count). The molecule has 1 aromatic heterocycles. The standard InChI is InChI=1S/C14H17BrN2/c1-11(12-5-3-6-13(15)9-12)16-10-14-7-4-8-17(14)2/h3-9,11,16H,10H2,1-2H3. The van der Waals surface area contributed by atoms with E-state index in [1.54, 1.807) is 0 Å². The highest BCUT2D eigenvalue weighted by Gasteiger charge is 2.05. The van der Waals surface area contributed by atoms with Crippen molar-refractivity contribution in [2.45, 2.75) is 19.5 Å². The lowest BCUT2D eigenvalue weighted by Crippen LogP contribution is -2.19. The van der Waals surface area contributed by atoms with Crippen molar-refractivity contribution in [1.29, 1.82) is 0 Å². The first-order chi connectivity index (χ1) is 8.16. The van der Waals surface area contributed by atoms with Crippen LogP contribution in [0.25, 0.3) is 0 Å². The van der Waals surface area contributed by atoms with E-state index in [2.05, 4.69) is 76.3 Å². The zero-order chi connectivity index (χ0) is 12.3. The fraction of sp³-hybridized carbons (Fsp3) is 0.286. The summed E-state index contributed by atoms with van der Waals surface area (Å²) in [5.41, 5.74) is 2.60. The molecule has 0 aliphatic rings. The smallest absolute Gasteiger partial charge is 0.0364 e. The van der Waals surface area contributed by atoms with Crippen molar-refractivity contribution in [2.24, 2.45) is 7.05 Å². The van der Waals surface area contributed by atoms with E-state index in [0.717, 1.165) is 11.0 Å². The third kappa shape index (κ3) is 3.20. The third-order valence-electron chi connectivity index (χ3n) is 2.99. The minimum atomic E-state index is 0.349. The molecule has 0 saturated carbocycles. The Balaban J connectivity index is 1.98. The van der Waals surface area contributed by atoms with Crippen molar-refractivity contribution in [3.63, 3.8) is 0 Å². The Kier molecular flexibility index (Phi) is 4.02. The summed E-state index contributed by atoms with van der Waals surface area (Å²) < 4.78 is 3.27. The van der Waals surface area contributed by atoms with Gasteiger partial charge in [0, 0.05) is 36.0 Å². The molecule has 0 amide bonds. The maximum Gasteiger partial charge on any atom is 0.0364 e. The minimum absolute atomic E-state index is 0.349. The van der Waals surface area contributed by atoms with Gasteiger partial charge in [-0.15, -0.1) is 0 Å². The lowest BCUT2D eigenvalue weighted by atomic mass is 10.1. The summed E-state index contributed by atoms with van der Waals surface area (Å²) in [6.07, 6.45) is 2.07. The van der Waals surface area contributed by atoms with Crippen LogP contribution in [0.5, 0.6) is 0 Å². The van der Waals surface area contributed by atoms with Gasteiger partial charge in [-0.2, -0.15) is 0 Å². The van der Waals surface area contributed by atoms with Crippen LogP contribution in [0.4, 0.5) is 0 Å². The van der Waals surface area contributed by atoms with E-state index in [4.69, 9.17) is 0 Å². The van der Waals surface area contributed by atoms with Crippen molar-refractivity contribution in [3.05, 3.63) is 58.3 Å². The lowest BCUT2D eigenvalue weighted by Gasteiger charge is -2.15. The fourth-order valence-electron chi connectivity index (χ4n) is 1.83. The molecule has 0 aliphatic heterocycles. The van der Waals surface area contributed by atoms with Gasteiger partial charge < -0.3 is 9.88 Å². The number of rotatable bonds is 4. The normalized spacial score (nSPS) is 12.6. The van der Waals surface area contributed by atoms with Gasteiger partial charge in [0.15, 0.2) is 0 Å². The van der Waals surface area contributed by atoms with Crippen molar-refractivity contribution >= 4 is 15.9 Å². The Hall–Kier alpha value is -1.06. The number of nitrogens with one attached hydrogen (secondary N) is 1. The molecule has 1 aromatic carbocycles. The zero-order valence-electron chi connectivity index (χ0n) is 10.2. The van der Waals surface area contributed by atoms with Gasteiger partial charge in [-0.05, 0) is 36.8 Å². The Morgan fingerprint density at radius 2 is 2.12 bits per heavy atom. The van der Waals surface area contributed by atoms with Crippen LogP contribution in [-0.2, 0) is 13.6 Å². The number of hydrogen-bond acceptors (Lipinski definition) is 1. The van der Waals surface area contributed by atoms with E-state index in [9.17, 15) is 0 Å². The summed E-state index contributed by atoms with van der Waals surface area (Å²) in [7, 11) is 2.07. The molecule has 1 atom stereocenters. The quantitative estimate of drug-likeness (QED) is 0.910. The molecule has 0 fully saturated rings. The van der Waals surface area contributed by atoms with Crippen LogP contribution in [0.1, 0.15) is 24.2 Å². The molecule has 90 valence electrons. The Labute approximate surface area is 111 Å². The van der Waals surface area contributed by atoms with Gasteiger partial charge in [0.25, 0.3) is 0 Å². The van der Waals surface area contributed by atoms with Crippen LogP contribution in [0.3, 0.4) is 0 Å². The molecule has 0 spiro atoms. The van der Waals surface area contributed by atoms with Gasteiger partial charge in [0.1, 0.15) is 0 Å². The van der Waals surface area contributed by atoms with Gasteiger partial charge in [0.2, 0.25) is 0 Å². The average molecular weight is 293 g/mol. The zero-order valence-corrected chi connectivity index (χ0v) is 11.7. The highest BCUT2D eigenvalue weighted by atomic mass is 79.9.